The molecule has 2 aliphatic rings. The summed E-state index contributed by atoms with van der Waals surface area (Å²) in [4.78, 5) is 14.0. The number of carbonyl (C=O) groups excluding carboxylic acids is 1. The van der Waals surface area contributed by atoms with Gasteiger partial charge in [0.2, 0.25) is 0 Å². The van der Waals surface area contributed by atoms with Gasteiger partial charge in [-0.3, -0.25) is 0 Å². The van der Waals surface area contributed by atoms with E-state index in [9.17, 15) is 4.79 Å². The second-order valence-electron chi connectivity index (χ2n) is 5.64. The van der Waals surface area contributed by atoms with Gasteiger partial charge in [-0.2, -0.15) is 11.8 Å². The summed E-state index contributed by atoms with van der Waals surface area (Å²) in [6.45, 7) is 2.85. The summed E-state index contributed by atoms with van der Waals surface area (Å²) < 4.78 is 0. The van der Waals surface area contributed by atoms with E-state index in [1.165, 1.54) is 37.9 Å². The Morgan fingerprint density at radius 2 is 1.94 bits per heavy atom. The Morgan fingerprint density at radius 1 is 1.22 bits per heavy atom. The highest BCUT2D eigenvalue weighted by Gasteiger charge is 2.37. The number of unbranched alkanes of at least 4 members (excludes halogenated alkanes) is 2. The van der Waals surface area contributed by atoms with Crippen LogP contribution in [-0.2, 0) is 0 Å². The average molecular weight is 270 g/mol. The van der Waals surface area contributed by atoms with Gasteiger partial charge in [0.1, 0.15) is 0 Å². The van der Waals surface area contributed by atoms with E-state index in [1.807, 2.05) is 16.7 Å². The van der Waals surface area contributed by atoms with E-state index in [0.29, 0.717) is 0 Å². The fourth-order valence-electron chi connectivity index (χ4n) is 3.26. The third kappa shape index (κ3) is 3.81. The molecule has 1 aliphatic heterocycles. The Balaban J connectivity index is 1.55. The molecule has 2 rings (SSSR count). The maximum Gasteiger partial charge on any atom is 0.317 e. The molecular weight excluding hydrogens is 244 g/mol. The van der Waals surface area contributed by atoms with Crippen molar-refractivity contribution in [1.82, 2.24) is 10.2 Å². The lowest BCUT2D eigenvalue weighted by molar-refractivity contribution is 0.205. The minimum atomic E-state index is 0.175. The molecule has 2 atom stereocenters. The molecule has 1 saturated carbocycles. The highest BCUT2D eigenvalue weighted by Crippen LogP contribution is 2.37. The standard InChI is InChI=1S/C14H26N2OS/c1-18-9-4-2-3-8-15-14(17)16-10-12-6-5-7-13(12)11-16/h12-13H,2-11H2,1H3,(H,15,17)/t12-,13+. The van der Waals surface area contributed by atoms with Gasteiger partial charge in [-0.1, -0.05) is 12.8 Å². The first-order valence-electron chi connectivity index (χ1n) is 7.33. The number of likely N-dealkylation sites (tertiary alicyclic amines) is 1. The van der Waals surface area contributed by atoms with E-state index in [4.69, 9.17) is 0 Å². The van der Waals surface area contributed by atoms with E-state index in [1.54, 1.807) is 0 Å². The zero-order chi connectivity index (χ0) is 12.8. The topological polar surface area (TPSA) is 32.3 Å². The van der Waals surface area contributed by atoms with Gasteiger partial charge in [-0.05, 0) is 49.5 Å². The molecule has 0 aromatic carbocycles. The molecule has 2 fully saturated rings. The molecule has 0 unspecified atom stereocenters. The maximum absolute atomic E-state index is 12.0. The third-order valence-electron chi connectivity index (χ3n) is 4.31. The van der Waals surface area contributed by atoms with E-state index in [2.05, 4.69) is 11.6 Å². The van der Waals surface area contributed by atoms with Gasteiger partial charge in [0, 0.05) is 19.6 Å². The van der Waals surface area contributed by atoms with Crippen LogP contribution in [0.25, 0.3) is 0 Å². The van der Waals surface area contributed by atoms with Gasteiger partial charge < -0.3 is 10.2 Å². The number of hydrogen-bond donors (Lipinski definition) is 1. The van der Waals surface area contributed by atoms with Crippen LogP contribution in [0, 0.1) is 11.8 Å². The van der Waals surface area contributed by atoms with Crippen molar-refractivity contribution in [3.8, 4) is 0 Å². The fourth-order valence-corrected chi connectivity index (χ4v) is 3.75. The summed E-state index contributed by atoms with van der Waals surface area (Å²) in [6.07, 6.45) is 9.81. The lowest BCUT2D eigenvalue weighted by atomic mass is 10.0. The number of rotatable bonds is 6. The summed E-state index contributed by atoms with van der Waals surface area (Å²) in [5, 5.41) is 3.07. The first-order valence-corrected chi connectivity index (χ1v) is 8.72. The zero-order valence-electron chi connectivity index (χ0n) is 11.5. The summed E-state index contributed by atoms with van der Waals surface area (Å²) in [7, 11) is 0. The lowest BCUT2D eigenvalue weighted by Crippen LogP contribution is -2.39. The monoisotopic (exact) mass is 270 g/mol. The highest BCUT2D eigenvalue weighted by molar-refractivity contribution is 7.98. The van der Waals surface area contributed by atoms with Gasteiger partial charge in [0.25, 0.3) is 0 Å². The lowest BCUT2D eigenvalue weighted by Gasteiger charge is -2.18. The molecule has 1 heterocycles. The van der Waals surface area contributed by atoms with Crippen LogP contribution >= 0.6 is 11.8 Å². The normalized spacial score (nSPS) is 26.4. The number of hydrogen-bond acceptors (Lipinski definition) is 2. The number of nitrogens with one attached hydrogen (secondary N) is 1. The Kier molecular flexibility index (Phi) is 5.67. The molecule has 0 aromatic rings. The molecule has 4 heteroatoms. The smallest absolute Gasteiger partial charge is 0.317 e. The SMILES string of the molecule is CSCCCCCNC(=O)N1C[C@H]2CCC[C@H]2C1. The first kappa shape index (κ1) is 14.0. The molecule has 1 saturated heterocycles. The summed E-state index contributed by atoms with van der Waals surface area (Å²) in [5.74, 6) is 2.85. The maximum atomic E-state index is 12.0. The van der Waals surface area contributed by atoms with Crippen LogP contribution in [0.15, 0.2) is 0 Å². The number of nitrogens with zero attached hydrogens (tertiary/aromatic N) is 1. The van der Waals surface area contributed by atoms with Crippen LogP contribution in [0.5, 0.6) is 0 Å². The molecule has 1 aliphatic carbocycles. The molecule has 1 N–H and O–H groups in total. The fraction of sp³-hybridized carbons (Fsp3) is 0.929. The van der Waals surface area contributed by atoms with Crippen LogP contribution in [0.1, 0.15) is 38.5 Å². The van der Waals surface area contributed by atoms with Crippen LogP contribution in [0.3, 0.4) is 0 Å². The molecule has 0 aromatic heterocycles. The summed E-state index contributed by atoms with van der Waals surface area (Å²) in [6, 6.07) is 0.175. The molecule has 104 valence electrons. The van der Waals surface area contributed by atoms with Crippen LogP contribution < -0.4 is 5.32 Å². The molecule has 2 amide bonds. The Labute approximate surface area is 115 Å². The molecule has 0 bridgehead atoms. The van der Waals surface area contributed by atoms with Crippen molar-refractivity contribution >= 4 is 17.8 Å². The highest BCUT2D eigenvalue weighted by atomic mass is 32.2. The molecule has 0 spiro atoms. The van der Waals surface area contributed by atoms with E-state index < -0.39 is 0 Å². The van der Waals surface area contributed by atoms with Crippen molar-refractivity contribution < 1.29 is 4.79 Å². The number of fused-ring (bicyclic) bond motifs is 1. The largest absolute Gasteiger partial charge is 0.338 e. The average Bonchev–Trinajstić information content (AvgIpc) is 2.93. The Bertz CT molecular complexity index is 261. The molecular formula is C14H26N2OS. The zero-order valence-corrected chi connectivity index (χ0v) is 12.3. The van der Waals surface area contributed by atoms with E-state index >= 15 is 0 Å². The number of carbonyl (C=O) groups is 1. The Hall–Kier alpha value is -0.380. The molecule has 3 nitrogen and oxygen atoms in total. The number of amides is 2. The minimum absolute atomic E-state index is 0.175. The van der Waals surface area contributed by atoms with E-state index in [0.717, 1.165) is 37.9 Å². The predicted molar refractivity (Wildman–Crippen MR) is 78.0 cm³/mol. The van der Waals surface area contributed by atoms with Crippen LogP contribution in [0.2, 0.25) is 0 Å². The van der Waals surface area contributed by atoms with Crippen molar-refractivity contribution in [3.05, 3.63) is 0 Å². The summed E-state index contributed by atoms with van der Waals surface area (Å²) >= 11 is 1.90. The third-order valence-corrected chi connectivity index (χ3v) is 5.01. The second-order valence-corrected chi connectivity index (χ2v) is 6.63. The number of thioether (sulfide) groups is 1. The summed E-state index contributed by atoms with van der Waals surface area (Å²) in [5.41, 5.74) is 0. The van der Waals surface area contributed by atoms with Gasteiger partial charge in [-0.15, -0.1) is 0 Å². The molecule has 18 heavy (non-hydrogen) atoms. The van der Waals surface area contributed by atoms with Gasteiger partial charge in [0.15, 0.2) is 0 Å². The van der Waals surface area contributed by atoms with Gasteiger partial charge >= 0.3 is 6.03 Å². The van der Waals surface area contributed by atoms with Crippen molar-refractivity contribution in [2.24, 2.45) is 11.8 Å². The van der Waals surface area contributed by atoms with Crippen molar-refractivity contribution in [2.75, 3.05) is 31.6 Å². The van der Waals surface area contributed by atoms with Crippen molar-refractivity contribution in [2.45, 2.75) is 38.5 Å². The minimum Gasteiger partial charge on any atom is -0.338 e. The van der Waals surface area contributed by atoms with E-state index in [-0.39, 0.29) is 6.03 Å². The van der Waals surface area contributed by atoms with Crippen LogP contribution in [-0.4, -0.2) is 42.6 Å². The quantitative estimate of drug-likeness (QED) is 0.753. The van der Waals surface area contributed by atoms with Gasteiger partial charge in [-0.25, -0.2) is 4.79 Å². The second kappa shape index (κ2) is 7.27. The van der Waals surface area contributed by atoms with Crippen molar-refractivity contribution in [1.29, 1.82) is 0 Å². The Morgan fingerprint density at radius 3 is 2.61 bits per heavy atom. The first-order chi connectivity index (χ1) is 8.81. The van der Waals surface area contributed by atoms with Crippen LogP contribution in [0.4, 0.5) is 4.79 Å². The molecule has 0 radical (unpaired) electrons. The van der Waals surface area contributed by atoms with Gasteiger partial charge in [0.05, 0.1) is 0 Å². The number of urea groups is 1. The predicted octanol–water partition coefficient (Wildman–Crippen LogP) is 2.96. The van der Waals surface area contributed by atoms with Crippen molar-refractivity contribution in [3.63, 3.8) is 0 Å².